The second-order valence-electron chi connectivity index (χ2n) is 5.03. The quantitative estimate of drug-likeness (QED) is 0.876. The molecular formula is C14H16N2O3S2. The molecule has 0 amide bonds. The van der Waals surface area contributed by atoms with Gasteiger partial charge in [-0.25, -0.2) is 0 Å². The largest absolute Gasteiger partial charge is 0.508 e. The summed E-state index contributed by atoms with van der Waals surface area (Å²) in [6.07, 6.45) is 0. The Morgan fingerprint density at radius 3 is 2.76 bits per heavy atom. The van der Waals surface area contributed by atoms with E-state index in [4.69, 9.17) is 4.52 Å². The molecule has 2 heterocycles. The summed E-state index contributed by atoms with van der Waals surface area (Å²) in [5, 5.41) is 24.6. The molecule has 2 aromatic rings. The summed E-state index contributed by atoms with van der Waals surface area (Å²) in [6.45, 7) is 4.44. The summed E-state index contributed by atoms with van der Waals surface area (Å²) in [4.78, 5) is 4.40. The molecule has 1 saturated heterocycles. The Balaban J connectivity index is 1.83. The van der Waals surface area contributed by atoms with Gasteiger partial charge in [0.15, 0.2) is 5.82 Å². The van der Waals surface area contributed by atoms with Crippen LogP contribution >= 0.6 is 23.5 Å². The van der Waals surface area contributed by atoms with Crippen molar-refractivity contribution in [2.75, 3.05) is 5.75 Å². The van der Waals surface area contributed by atoms with E-state index in [2.05, 4.69) is 24.0 Å². The van der Waals surface area contributed by atoms with Crippen LogP contribution in [-0.2, 0) is 0 Å². The van der Waals surface area contributed by atoms with Gasteiger partial charge in [0.05, 0.1) is 10.8 Å². The molecule has 5 nitrogen and oxygen atoms in total. The molecule has 112 valence electrons. The maximum atomic E-state index is 9.84. The van der Waals surface area contributed by atoms with Crippen LogP contribution in [0.1, 0.15) is 24.9 Å². The minimum atomic E-state index is -0.0714. The minimum absolute atomic E-state index is 0.00182. The van der Waals surface area contributed by atoms with Gasteiger partial charge in [-0.15, -0.1) is 11.8 Å². The van der Waals surface area contributed by atoms with E-state index < -0.39 is 0 Å². The zero-order chi connectivity index (χ0) is 15.0. The summed E-state index contributed by atoms with van der Waals surface area (Å²) in [5.41, 5.74) is 0.432. The molecule has 0 spiro atoms. The second-order valence-corrected chi connectivity index (χ2v) is 8.02. The Labute approximate surface area is 131 Å². The molecule has 0 radical (unpaired) electrons. The number of aromatic hydroxyl groups is 2. The maximum absolute atomic E-state index is 9.84. The Morgan fingerprint density at radius 1 is 1.24 bits per heavy atom. The minimum Gasteiger partial charge on any atom is -0.508 e. The average Bonchev–Trinajstić information content (AvgIpc) is 2.91. The topological polar surface area (TPSA) is 79.4 Å². The SMILES string of the molecule is CC1SCC(c2noc(-c3ccc(O)cc3O)n2)SC1C. The molecule has 1 fully saturated rings. The highest BCUT2D eigenvalue weighted by Crippen LogP contribution is 2.44. The van der Waals surface area contributed by atoms with Crippen LogP contribution in [0.5, 0.6) is 11.5 Å². The van der Waals surface area contributed by atoms with Gasteiger partial charge in [0, 0.05) is 22.3 Å². The van der Waals surface area contributed by atoms with Crippen LogP contribution in [0.4, 0.5) is 0 Å². The molecule has 3 atom stereocenters. The number of aromatic nitrogens is 2. The van der Waals surface area contributed by atoms with Crippen molar-refractivity contribution in [2.24, 2.45) is 0 Å². The number of hydrogen-bond acceptors (Lipinski definition) is 7. The fourth-order valence-electron chi connectivity index (χ4n) is 2.10. The van der Waals surface area contributed by atoms with E-state index in [9.17, 15) is 10.2 Å². The third-order valence-electron chi connectivity index (χ3n) is 3.49. The lowest BCUT2D eigenvalue weighted by Gasteiger charge is -2.29. The molecule has 2 N–H and O–H groups in total. The van der Waals surface area contributed by atoms with Crippen molar-refractivity contribution in [1.82, 2.24) is 10.1 Å². The summed E-state index contributed by atoms with van der Waals surface area (Å²) < 4.78 is 5.26. The molecule has 0 bridgehead atoms. The Hall–Kier alpha value is -1.34. The zero-order valence-electron chi connectivity index (χ0n) is 11.7. The molecule has 1 aromatic carbocycles. The smallest absolute Gasteiger partial charge is 0.261 e. The second kappa shape index (κ2) is 5.81. The van der Waals surface area contributed by atoms with Gasteiger partial charge >= 0.3 is 0 Å². The van der Waals surface area contributed by atoms with E-state index in [1.165, 1.54) is 12.1 Å². The number of phenols is 2. The number of rotatable bonds is 2. The normalized spacial score (nSPS) is 25.9. The first kappa shape index (κ1) is 14.6. The van der Waals surface area contributed by atoms with E-state index in [0.717, 1.165) is 5.75 Å². The number of benzene rings is 1. The van der Waals surface area contributed by atoms with Crippen LogP contribution in [0, 0.1) is 0 Å². The summed E-state index contributed by atoms with van der Waals surface area (Å²) in [6, 6.07) is 4.30. The van der Waals surface area contributed by atoms with Gasteiger partial charge in [0.2, 0.25) is 0 Å². The van der Waals surface area contributed by atoms with E-state index in [-0.39, 0.29) is 22.6 Å². The third-order valence-corrected chi connectivity index (χ3v) is 6.88. The summed E-state index contributed by atoms with van der Waals surface area (Å²) >= 11 is 3.77. The van der Waals surface area contributed by atoms with E-state index in [1.54, 1.807) is 6.07 Å². The first-order chi connectivity index (χ1) is 10.0. The molecule has 1 aliphatic heterocycles. The van der Waals surface area contributed by atoms with Crippen LogP contribution in [0.15, 0.2) is 22.7 Å². The van der Waals surface area contributed by atoms with Crippen molar-refractivity contribution in [3.63, 3.8) is 0 Å². The molecule has 1 aliphatic rings. The number of nitrogens with zero attached hydrogens (tertiary/aromatic N) is 2. The number of thioether (sulfide) groups is 2. The number of hydrogen-bond donors (Lipinski definition) is 2. The highest BCUT2D eigenvalue weighted by molar-refractivity contribution is 8.07. The van der Waals surface area contributed by atoms with E-state index in [0.29, 0.717) is 21.9 Å². The van der Waals surface area contributed by atoms with Gasteiger partial charge in [0.25, 0.3) is 5.89 Å². The van der Waals surface area contributed by atoms with Gasteiger partial charge in [0.1, 0.15) is 11.5 Å². The van der Waals surface area contributed by atoms with Crippen LogP contribution in [-0.4, -0.2) is 36.6 Å². The monoisotopic (exact) mass is 324 g/mol. The van der Waals surface area contributed by atoms with Gasteiger partial charge in [-0.2, -0.15) is 16.7 Å². The van der Waals surface area contributed by atoms with Gasteiger partial charge < -0.3 is 14.7 Å². The van der Waals surface area contributed by atoms with Gasteiger partial charge in [-0.05, 0) is 12.1 Å². The summed E-state index contributed by atoms with van der Waals surface area (Å²) in [7, 11) is 0. The van der Waals surface area contributed by atoms with Crippen LogP contribution < -0.4 is 0 Å². The zero-order valence-corrected chi connectivity index (χ0v) is 13.3. The van der Waals surface area contributed by atoms with Crippen LogP contribution in [0.25, 0.3) is 11.5 Å². The van der Waals surface area contributed by atoms with Crippen molar-refractivity contribution in [2.45, 2.75) is 29.6 Å². The predicted molar refractivity (Wildman–Crippen MR) is 84.8 cm³/mol. The van der Waals surface area contributed by atoms with Crippen molar-refractivity contribution >= 4 is 23.5 Å². The predicted octanol–water partition coefficient (Wildman–Crippen LogP) is 3.45. The summed E-state index contributed by atoms with van der Waals surface area (Å²) in [5.74, 6) is 1.82. The third kappa shape index (κ3) is 2.98. The molecule has 0 aliphatic carbocycles. The Bertz CT molecular complexity index is 647. The average molecular weight is 324 g/mol. The van der Waals surface area contributed by atoms with Crippen LogP contribution in [0.3, 0.4) is 0 Å². The Kier molecular flexibility index (Phi) is 4.03. The van der Waals surface area contributed by atoms with Crippen molar-refractivity contribution in [1.29, 1.82) is 0 Å². The first-order valence-corrected chi connectivity index (χ1v) is 8.67. The molecule has 0 saturated carbocycles. The highest BCUT2D eigenvalue weighted by atomic mass is 32.2. The lowest BCUT2D eigenvalue weighted by molar-refractivity contribution is 0.416. The van der Waals surface area contributed by atoms with Crippen molar-refractivity contribution in [3.8, 4) is 23.0 Å². The Morgan fingerprint density at radius 2 is 2.05 bits per heavy atom. The standard InChI is InChI=1S/C14H16N2O3S2/c1-7-8(2)21-12(6-20-7)13-15-14(19-16-13)10-4-3-9(17)5-11(10)18/h3-5,7-8,12,17-18H,6H2,1-2H3. The first-order valence-electron chi connectivity index (χ1n) is 6.67. The van der Waals surface area contributed by atoms with Crippen molar-refractivity contribution in [3.05, 3.63) is 24.0 Å². The fourth-order valence-corrected chi connectivity index (χ4v) is 4.93. The molecule has 3 unspecified atom stereocenters. The molecule has 3 rings (SSSR count). The molecular weight excluding hydrogens is 308 g/mol. The molecule has 7 heteroatoms. The van der Waals surface area contributed by atoms with E-state index in [1.807, 2.05) is 23.5 Å². The molecule has 21 heavy (non-hydrogen) atoms. The van der Waals surface area contributed by atoms with Crippen molar-refractivity contribution < 1.29 is 14.7 Å². The number of phenolic OH excluding ortho intramolecular Hbond substituents is 2. The lowest BCUT2D eigenvalue weighted by atomic mass is 10.2. The fraction of sp³-hybridized carbons (Fsp3) is 0.429. The maximum Gasteiger partial charge on any atom is 0.261 e. The molecule has 1 aromatic heterocycles. The highest BCUT2D eigenvalue weighted by Gasteiger charge is 2.30. The van der Waals surface area contributed by atoms with Gasteiger partial charge in [-0.1, -0.05) is 19.0 Å². The lowest BCUT2D eigenvalue weighted by Crippen LogP contribution is -2.22. The van der Waals surface area contributed by atoms with Crippen LogP contribution in [0.2, 0.25) is 0 Å². The van der Waals surface area contributed by atoms with Gasteiger partial charge in [-0.3, -0.25) is 0 Å². The van der Waals surface area contributed by atoms with E-state index >= 15 is 0 Å².